The zero-order valence-electron chi connectivity index (χ0n) is 10.3. The van der Waals surface area contributed by atoms with Crippen LogP contribution in [0.15, 0.2) is 30.3 Å². The predicted octanol–water partition coefficient (Wildman–Crippen LogP) is 2.99. The van der Waals surface area contributed by atoms with Crippen LogP contribution < -0.4 is 0 Å². The first-order valence-electron chi connectivity index (χ1n) is 5.93. The van der Waals surface area contributed by atoms with Crippen molar-refractivity contribution in [1.29, 1.82) is 0 Å². The number of rotatable bonds is 7. The van der Waals surface area contributed by atoms with Crippen molar-refractivity contribution in [2.45, 2.75) is 25.7 Å². The van der Waals surface area contributed by atoms with Gasteiger partial charge in [-0.1, -0.05) is 36.8 Å². The maximum absolute atomic E-state index is 11.7. The average molecular weight is 219 g/mol. The highest BCUT2D eigenvalue weighted by atomic mass is 16.1. The Morgan fingerprint density at radius 3 is 2.38 bits per heavy atom. The van der Waals surface area contributed by atoms with E-state index in [9.17, 15) is 4.79 Å². The van der Waals surface area contributed by atoms with Crippen LogP contribution in [0.2, 0.25) is 0 Å². The zero-order chi connectivity index (χ0) is 11.8. The van der Waals surface area contributed by atoms with E-state index >= 15 is 0 Å². The molecule has 0 fully saturated rings. The van der Waals surface area contributed by atoms with Crippen molar-refractivity contribution < 1.29 is 4.79 Å². The summed E-state index contributed by atoms with van der Waals surface area (Å²) in [6, 6.07) is 9.55. The van der Waals surface area contributed by atoms with Crippen LogP contribution in [-0.2, 0) is 0 Å². The van der Waals surface area contributed by atoms with Crippen LogP contribution >= 0.6 is 0 Å². The highest BCUT2D eigenvalue weighted by Gasteiger charge is 2.03. The van der Waals surface area contributed by atoms with E-state index in [0.29, 0.717) is 6.42 Å². The van der Waals surface area contributed by atoms with E-state index in [1.807, 2.05) is 30.3 Å². The highest BCUT2D eigenvalue weighted by molar-refractivity contribution is 5.95. The Kier molecular flexibility index (Phi) is 5.79. The molecule has 0 N–H and O–H groups in total. The largest absolute Gasteiger partial charge is 0.309 e. The summed E-state index contributed by atoms with van der Waals surface area (Å²) < 4.78 is 0. The second kappa shape index (κ2) is 7.18. The summed E-state index contributed by atoms with van der Waals surface area (Å²) in [5, 5.41) is 0. The molecule has 0 bridgehead atoms. The van der Waals surface area contributed by atoms with E-state index < -0.39 is 0 Å². The van der Waals surface area contributed by atoms with Gasteiger partial charge in [0, 0.05) is 12.0 Å². The average Bonchev–Trinajstić information content (AvgIpc) is 2.29. The van der Waals surface area contributed by atoms with Crippen molar-refractivity contribution in [3.63, 3.8) is 0 Å². The Morgan fingerprint density at radius 1 is 1.06 bits per heavy atom. The summed E-state index contributed by atoms with van der Waals surface area (Å²) in [5.74, 6) is 0.269. The minimum atomic E-state index is 0.269. The van der Waals surface area contributed by atoms with E-state index in [1.165, 1.54) is 6.42 Å². The second-order valence-corrected chi connectivity index (χ2v) is 4.40. The number of hydrogen-bond acceptors (Lipinski definition) is 2. The smallest absolute Gasteiger partial charge is 0.162 e. The number of carbonyl (C=O) groups is 1. The molecule has 16 heavy (non-hydrogen) atoms. The Balaban J connectivity index is 2.16. The molecule has 1 aromatic rings. The lowest BCUT2D eigenvalue weighted by atomic mass is 10.0. The van der Waals surface area contributed by atoms with Crippen LogP contribution in [-0.4, -0.2) is 31.3 Å². The van der Waals surface area contributed by atoms with Crippen LogP contribution in [0.4, 0.5) is 0 Å². The zero-order valence-corrected chi connectivity index (χ0v) is 10.3. The van der Waals surface area contributed by atoms with Gasteiger partial charge in [-0.15, -0.1) is 0 Å². The van der Waals surface area contributed by atoms with Crippen LogP contribution in [0, 0.1) is 0 Å². The maximum Gasteiger partial charge on any atom is 0.162 e. The molecule has 0 aliphatic rings. The van der Waals surface area contributed by atoms with Gasteiger partial charge < -0.3 is 4.90 Å². The highest BCUT2D eigenvalue weighted by Crippen LogP contribution is 2.07. The normalized spacial score (nSPS) is 10.7. The summed E-state index contributed by atoms with van der Waals surface area (Å²) in [4.78, 5) is 13.9. The molecular weight excluding hydrogens is 198 g/mol. The molecule has 0 aliphatic heterocycles. The monoisotopic (exact) mass is 219 g/mol. The Morgan fingerprint density at radius 2 is 1.75 bits per heavy atom. The van der Waals surface area contributed by atoms with Gasteiger partial charge in [0.05, 0.1) is 0 Å². The minimum Gasteiger partial charge on any atom is -0.309 e. The molecule has 0 unspecified atom stereocenters. The molecule has 0 saturated carbocycles. The lowest BCUT2D eigenvalue weighted by Crippen LogP contribution is -2.12. The van der Waals surface area contributed by atoms with Gasteiger partial charge in [0.1, 0.15) is 0 Å². The number of unbranched alkanes of at least 4 members (excludes halogenated alkanes) is 2. The number of hydrogen-bond donors (Lipinski definition) is 0. The molecule has 0 spiro atoms. The number of Topliss-reactive ketones (excluding diaryl/α,β-unsaturated/α-hetero) is 1. The fraction of sp³-hybridized carbons (Fsp3) is 0.500. The molecule has 1 aromatic carbocycles. The molecule has 0 atom stereocenters. The first-order chi connectivity index (χ1) is 7.70. The quantitative estimate of drug-likeness (QED) is 0.519. The molecule has 0 saturated heterocycles. The molecule has 0 heterocycles. The fourth-order valence-corrected chi connectivity index (χ4v) is 1.66. The molecule has 0 aliphatic carbocycles. The first-order valence-corrected chi connectivity index (χ1v) is 5.93. The predicted molar refractivity (Wildman–Crippen MR) is 67.8 cm³/mol. The van der Waals surface area contributed by atoms with Gasteiger partial charge in [-0.2, -0.15) is 0 Å². The van der Waals surface area contributed by atoms with Crippen molar-refractivity contribution in [1.82, 2.24) is 4.90 Å². The van der Waals surface area contributed by atoms with Crippen molar-refractivity contribution >= 4 is 5.78 Å². The number of ketones is 1. The van der Waals surface area contributed by atoms with Crippen molar-refractivity contribution in [3.05, 3.63) is 35.9 Å². The summed E-state index contributed by atoms with van der Waals surface area (Å²) in [5.41, 5.74) is 0.843. The van der Waals surface area contributed by atoms with Gasteiger partial charge in [0.15, 0.2) is 5.78 Å². The summed E-state index contributed by atoms with van der Waals surface area (Å²) in [7, 11) is 4.16. The molecular formula is C14H21NO. The summed E-state index contributed by atoms with van der Waals surface area (Å²) >= 11 is 0. The molecule has 0 radical (unpaired) electrons. The number of benzene rings is 1. The Bertz CT molecular complexity index is 306. The van der Waals surface area contributed by atoms with Gasteiger partial charge in [0.25, 0.3) is 0 Å². The Labute approximate surface area is 98.3 Å². The van der Waals surface area contributed by atoms with Gasteiger partial charge in [0.2, 0.25) is 0 Å². The number of carbonyl (C=O) groups excluding carboxylic acids is 1. The van der Waals surface area contributed by atoms with Crippen LogP contribution in [0.25, 0.3) is 0 Å². The first kappa shape index (κ1) is 12.9. The van der Waals surface area contributed by atoms with E-state index in [0.717, 1.165) is 24.9 Å². The second-order valence-electron chi connectivity index (χ2n) is 4.40. The topological polar surface area (TPSA) is 20.3 Å². The molecule has 0 aromatic heterocycles. The van der Waals surface area contributed by atoms with Crippen molar-refractivity contribution in [2.24, 2.45) is 0 Å². The summed E-state index contributed by atoms with van der Waals surface area (Å²) in [6.45, 7) is 1.11. The van der Waals surface area contributed by atoms with Crippen molar-refractivity contribution in [2.75, 3.05) is 20.6 Å². The molecule has 2 nitrogen and oxygen atoms in total. The SMILES string of the molecule is CN(C)CCCCCC(=O)c1ccccc1. The fourth-order valence-electron chi connectivity index (χ4n) is 1.66. The summed E-state index contributed by atoms with van der Waals surface area (Å²) in [6.07, 6.45) is 3.99. The van der Waals surface area contributed by atoms with Crippen molar-refractivity contribution in [3.8, 4) is 0 Å². The molecule has 88 valence electrons. The third kappa shape index (κ3) is 5.08. The van der Waals surface area contributed by atoms with E-state index in [1.54, 1.807) is 0 Å². The third-order valence-electron chi connectivity index (χ3n) is 2.60. The maximum atomic E-state index is 11.7. The molecule has 2 heteroatoms. The van der Waals surface area contributed by atoms with Gasteiger partial charge in [-0.05, 0) is 33.5 Å². The van der Waals surface area contributed by atoms with E-state index in [2.05, 4.69) is 19.0 Å². The van der Waals surface area contributed by atoms with Gasteiger partial charge >= 0.3 is 0 Å². The van der Waals surface area contributed by atoms with E-state index in [4.69, 9.17) is 0 Å². The standard InChI is InChI=1S/C14H21NO/c1-15(2)12-8-4-7-11-14(16)13-9-5-3-6-10-13/h3,5-6,9-10H,4,7-8,11-12H2,1-2H3. The number of nitrogens with zero attached hydrogens (tertiary/aromatic N) is 1. The molecule has 0 amide bonds. The van der Waals surface area contributed by atoms with E-state index in [-0.39, 0.29) is 5.78 Å². The lowest BCUT2D eigenvalue weighted by molar-refractivity contribution is 0.0979. The van der Waals surface area contributed by atoms with Gasteiger partial charge in [-0.25, -0.2) is 0 Å². The van der Waals surface area contributed by atoms with Gasteiger partial charge in [-0.3, -0.25) is 4.79 Å². The van der Waals surface area contributed by atoms with Crippen LogP contribution in [0.3, 0.4) is 0 Å². The third-order valence-corrected chi connectivity index (χ3v) is 2.60. The van der Waals surface area contributed by atoms with Crippen LogP contribution in [0.1, 0.15) is 36.0 Å². The van der Waals surface area contributed by atoms with Crippen LogP contribution in [0.5, 0.6) is 0 Å². The lowest BCUT2D eigenvalue weighted by Gasteiger charge is -2.08. The minimum absolute atomic E-state index is 0.269. The Hall–Kier alpha value is -1.15. The molecule has 1 rings (SSSR count).